The fraction of sp³-hybridized carbons (Fsp3) is 0.167. The van der Waals surface area contributed by atoms with Gasteiger partial charge in [0.05, 0.1) is 11.0 Å². The van der Waals surface area contributed by atoms with E-state index in [1.54, 1.807) is 0 Å². The predicted octanol–water partition coefficient (Wildman–Crippen LogP) is 12.8. The lowest BCUT2D eigenvalue weighted by Crippen LogP contribution is -2.08. The smallest absolute Gasteiger partial charge is 0.0543 e. The van der Waals surface area contributed by atoms with E-state index in [2.05, 4.69) is 143 Å². The summed E-state index contributed by atoms with van der Waals surface area (Å²) in [5.74, 6) is 0. The molecule has 4 aliphatic rings. The van der Waals surface area contributed by atoms with Crippen molar-refractivity contribution in [3.8, 4) is 11.4 Å². The van der Waals surface area contributed by atoms with Gasteiger partial charge in [-0.15, -0.1) is 11.3 Å². The standard InChI is InChI=1S/C48H38N2S/c1-2-13-32(14-3-1)49-43-22-10-7-19-39(43)48-38(20-12-23-45(48)49)35-16-5-4-15-34(35)31-25-27-44-40(29-31)36-17-6-9-21-42(36)50(44)33-26-28-47-41(30-33)37-18-8-11-24-46(37)51-47/h1-3,5-7,9,11-14,16-17,19-21,23-24,26,28-30H,4,8,10,15,18,22,25,27H2. The van der Waals surface area contributed by atoms with Crippen LogP contribution in [0.15, 0.2) is 126 Å². The number of aromatic nitrogens is 2. The minimum atomic E-state index is 1.03. The van der Waals surface area contributed by atoms with Gasteiger partial charge in [-0.2, -0.15) is 0 Å². The van der Waals surface area contributed by atoms with Crippen molar-refractivity contribution in [3.63, 3.8) is 0 Å². The summed E-state index contributed by atoms with van der Waals surface area (Å²) in [6.45, 7) is 0. The highest BCUT2D eigenvalue weighted by Crippen LogP contribution is 2.45. The second kappa shape index (κ2) is 11.6. The van der Waals surface area contributed by atoms with Crippen molar-refractivity contribution in [2.45, 2.75) is 51.4 Å². The fourth-order valence-electron chi connectivity index (χ4n) is 9.48. The first-order valence-electron chi connectivity index (χ1n) is 18.7. The van der Waals surface area contributed by atoms with Crippen LogP contribution >= 0.6 is 11.3 Å². The topological polar surface area (TPSA) is 9.86 Å². The van der Waals surface area contributed by atoms with Crippen LogP contribution < -0.4 is 0 Å². The van der Waals surface area contributed by atoms with Crippen LogP contribution in [-0.4, -0.2) is 9.13 Å². The molecule has 4 aromatic carbocycles. The zero-order valence-electron chi connectivity index (χ0n) is 28.7. The zero-order chi connectivity index (χ0) is 33.5. The van der Waals surface area contributed by atoms with Gasteiger partial charge in [0.2, 0.25) is 0 Å². The Morgan fingerprint density at radius 2 is 1.33 bits per heavy atom. The molecule has 7 aromatic rings. The maximum Gasteiger partial charge on any atom is 0.0543 e. The average molecular weight is 675 g/mol. The van der Waals surface area contributed by atoms with Gasteiger partial charge in [0.25, 0.3) is 0 Å². The normalized spacial score (nSPS) is 16.6. The van der Waals surface area contributed by atoms with Crippen molar-refractivity contribution in [1.29, 1.82) is 0 Å². The van der Waals surface area contributed by atoms with Crippen LogP contribution in [0.5, 0.6) is 0 Å². The summed E-state index contributed by atoms with van der Waals surface area (Å²) in [5, 5.41) is 4.18. The van der Waals surface area contributed by atoms with E-state index in [9.17, 15) is 0 Å². The molecule has 0 bridgehead atoms. The van der Waals surface area contributed by atoms with Crippen LogP contribution in [0, 0.1) is 0 Å². The number of para-hydroxylation sites is 2. The summed E-state index contributed by atoms with van der Waals surface area (Å²) in [5.41, 5.74) is 18.2. The molecule has 0 radical (unpaired) electrons. The molecule has 3 aromatic heterocycles. The van der Waals surface area contributed by atoms with Crippen LogP contribution in [-0.2, 0) is 19.3 Å². The van der Waals surface area contributed by atoms with Gasteiger partial charge in [-0.3, -0.25) is 0 Å². The number of allylic oxidation sites excluding steroid dienone is 7. The summed E-state index contributed by atoms with van der Waals surface area (Å²) < 4.78 is 6.49. The number of nitrogens with zero attached hydrogens (tertiary/aromatic N) is 2. The van der Waals surface area contributed by atoms with Crippen LogP contribution in [0.1, 0.15) is 70.6 Å². The summed E-state index contributed by atoms with van der Waals surface area (Å²) in [6, 6.07) is 34.2. The van der Waals surface area contributed by atoms with E-state index in [1.165, 1.54) is 98.5 Å². The van der Waals surface area contributed by atoms with E-state index in [-0.39, 0.29) is 0 Å². The van der Waals surface area contributed by atoms with E-state index >= 15 is 0 Å². The number of benzene rings is 4. The molecule has 0 N–H and O–H groups in total. The van der Waals surface area contributed by atoms with E-state index < -0.39 is 0 Å². The molecule has 3 heteroatoms. The maximum atomic E-state index is 2.57. The Hall–Kier alpha value is -5.38. The number of thiophene rings is 1. The Labute approximate surface area is 302 Å². The summed E-state index contributed by atoms with van der Waals surface area (Å²) >= 11 is 1.94. The molecule has 0 unspecified atom stereocenters. The highest BCUT2D eigenvalue weighted by Gasteiger charge is 2.27. The molecule has 4 aliphatic carbocycles. The van der Waals surface area contributed by atoms with Crippen molar-refractivity contribution >= 4 is 67.0 Å². The molecule has 51 heavy (non-hydrogen) atoms. The van der Waals surface area contributed by atoms with Gasteiger partial charge < -0.3 is 9.13 Å². The highest BCUT2D eigenvalue weighted by atomic mass is 32.1. The SMILES string of the molecule is C1=CC(c2cccc3c2c2c(n3-c3ccccc3)CCC=C2)=C(C2=Cc3c(n(-c4ccc5sc6c(c5c4)CCC=C6)c4ccccc34)CC2)CC1. The Bertz CT molecular complexity index is 2730. The minimum absolute atomic E-state index is 1.03. The molecule has 246 valence electrons. The third-order valence-corrected chi connectivity index (χ3v) is 12.9. The van der Waals surface area contributed by atoms with E-state index in [0.29, 0.717) is 0 Å². The molecule has 0 fully saturated rings. The third-order valence-electron chi connectivity index (χ3n) is 11.7. The van der Waals surface area contributed by atoms with Gasteiger partial charge in [-0.1, -0.05) is 78.9 Å². The van der Waals surface area contributed by atoms with Crippen molar-refractivity contribution < 1.29 is 0 Å². The summed E-state index contributed by atoms with van der Waals surface area (Å²) in [4.78, 5) is 1.44. The van der Waals surface area contributed by atoms with E-state index in [4.69, 9.17) is 0 Å². The first-order chi connectivity index (χ1) is 25.3. The second-order valence-corrected chi connectivity index (χ2v) is 15.5. The van der Waals surface area contributed by atoms with Gasteiger partial charge in [0, 0.05) is 54.2 Å². The van der Waals surface area contributed by atoms with E-state index in [0.717, 1.165) is 51.4 Å². The van der Waals surface area contributed by atoms with Crippen LogP contribution in [0.4, 0.5) is 0 Å². The largest absolute Gasteiger partial charge is 0.313 e. The molecule has 0 amide bonds. The molecule has 11 rings (SSSR count). The summed E-state index contributed by atoms with van der Waals surface area (Å²) in [7, 11) is 0. The van der Waals surface area contributed by atoms with Crippen LogP contribution in [0.25, 0.3) is 67.1 Å². The molecule has 0 saturated heterocycles. The lowest BCUT2D eigenvalue weighted by molar-refractivity contribution is 0.842. The van der Waals surface area contributed by atoms with Crippen molar-refractivity contribution in [1.82, 2.24) is 9.13 Å². The van der Waals surface area contributed by atoms with Crippen molar-refractivity contribution in [2.75, 3.05) is 0 Å². The summed E-state index contributed by atoms with van der Waals surface area (Å²) in [6.07, 6.45) is 25.5. The second-order valence-electron chi connectivity index (χ2n) is 14.5. The van der Waals surface area contributed by atoms with Crippen molar-refractivity contribution in [2.24, 2.45) is 0 Å². The molecule has 0 spiro atoms. The minimum Gasteiger partial charge on any atom is -0.313 e. The van der Waals surface area contributed by atoms with E-state index in [1.807, 2.05) is 11.3 Å². The Balaban J connectivity index is 1.09. The number of hydrogen-bond acceptors (Lipinski definition) is 1. The van der Waals surface area contributed by atoms with Gasteiger partial charge in [0.15, 0.2) is 0 Å². The van der Waals surface area contributed by atoms with Gasteiger partial charge in [-0.05, 0) is 139 Å². The molecule has 3 heterocycles. The number of fused-ring (bicyclic) bond motifs is 9. The van der Waals surface area contributed by atoms with Gasteiger partial charge in [0.1, 0.15) is 0 Å². The zero-order valence-corrected chi connectivity index (χ0v) is 29.5. The molecular weight excluding hydrogens is 637 g/mol. The van der Waals surface area contributed by atoms with Crippen LogP contribution in [0.2, 0.25) is 0 Å². The predicted molar refractivity (Wildman–Crippen MR) is 218 cm³/mol. The average Bonchev–Trinajstić information content (AvgIpc) is 3.85. The third kappa shape index (κ3) is 4.47. The first kappa shape index (κ1) is 29.4. The monoisotopic (exact) mass is 674 g/mol. The Morgan fingerprint density at radius 1 is 0.549 bits per heavy atom. The van der Waals surface area contributed by atoms with Crippen molar-refractivity contribution in [3.05, 3.63) is 165 Å². The Kier molecular flexibility index (Phi) is 6.67. The first-order valence-corrected chi connectivity index (χ1v) is 19.5. The quantitative estimate of drug-likeness (QED) is 0.176. The Morgan fingerprint density at radius 3 is 2.29 bits per heavy atom. The number of hydrogen-bond donors (Lipinski definition) is 0. The van der Waals surface area contributed by atoms with Crippen LogP contribution in [0.3, 0.4) is 0 Å². The lowest BCUT2D eigenvalue weighted by atomic mass is 9.81. The number of aryl methyl sites for hydroxylation is 1. The highest BCUT2D eigenvalue weighted by molar-refractivity contribution is 7.20. The molecular formula is C48H38N2S. The fourth-order valence-corrected chi connectivity index (χ4v) is 10.6. The number of rotatable bonds is 4. The van der Waals surface area contributed by atoms with Gasteiger partial charge >= 0.3 is 0 Å². The molecule has 0 aliphatic heterocycles. The molecule has 0 atom stereocenters. The lowest BCUT2D eigenvalue weighted by Gasteiger charge is -2.24. The molecule has 2 nitrogen and oxygen atoms in total. The maximum absolute atomic E-state index is 2.57. The molecule has 0 saturated carbocycles. The van der Waals surface area contributed by atoms with Gasteiger partial charge in [-0.25, -0.2) is 0 Å².